The predicted molar refractivity (Wildman–Crippen MR) is 62.2 cm³/mol. The van der Waals surface area contributed by atoms with Gasteiger partial charge in [-0.1, -0.05) is 12.8 Å². The van der Waals surface area contributed by atoms with E-state index in [1.54, 1.807) is 0 Å². The third kappa shape index (κ3) is 2.58. The summed E-state index contributed by atoms with van der Waals surface area (Å²) in [5.41, 5.74) is 0.995. The summed E-state index contributed by atoms with van der Waals surface area (Å²) in [6, 6.07) is 2.60. The molecule has 0 aliphatic heterocycles. The monoisotopic (exact) mass is 206 g/mol. The highest BCUT2D eigenvalue weighted by molar-refractivity contribution is 5.42. The van der Waals surface area contributed by atoms with Crippen LogP contribution in [0.2, 0.25) is 0 Å². The minimum absolute atomic E-state index is 0.601. The summed E-state index contributed by atoms with van der Waals surface area (Å²) >= 11 is 0. The van der Waals surface area contributed by atoms with E-state index in [4.69, 9.17) is 0 Å². The highest BCUT2D eigenvalue weighted by atomic mass is 15.1. The van der Waals surface area contributed by atoms with Gasteiger partial charge in [0.2, 0.25) is 5.95 Å². The number of nitrogens with one attached hydrogen (secondary N) is 2. The van der Waals surface area contributed by atoms with Crippen LogP contribution in [0, 0.1) is 6.92 Å². The van der Waals surface area contributed by atoms with E-state index in [0.717, 1.165) is 11.5 Å². The molecule has 2 rings (SSSR count). The predicted octanol–water partition coefficient (Wildman–Crippen LogP) is 2.18. The second-order valence-electron chi connectivity index (χ2n) is 4.09. The van der Waals surface area contributed by atoms with E-state index in [1.807, 2.05) is 20.0 Å². The van der Waals surface area contributed by atoms with Crippen molar-refractivity contribution >= 4 is 11.8 Å². The maximum atomic E-state index is 4.38. The molecule has 0 bridgehead atoms. The van der Waals surface area contributed by atoms with Crippen LogP contribution in [0.5, 0.6) is 0 Å². The molecule has 82 valence electrons. The van der Waals surface area contributed by atoms with Crippen molar-refractivity contribution in [3.8, 4) is 0 Å². The van der Waals surface area contributed by atoms with Gasteiger partial charge in [0.15, 0.2) is 0 Å². The summed E-state index contributed by atoms with van der Waals surface area (Å²) in [5, 5.41) is 6.44. The second kappa shape index (κ2) is 4.47. The van der Waals surface area contributed by atoms with E-state index < -0.39 is 0 Å². The minimum Gasteiger partial charge on any atom is -0.367 e. The molecule has 0 atom stereocenters. The molecular formula is C11H18N4. The van der Waals surface area contributed by atoms with Gasteiger partial charge in [-0.05, 0) is 19.8 Å². The van der Waals surface area contributed by atoms with E-state index in [2.05, 4.69) is 20.6 Å². The van der Waals surface area contributed by atoms with E-state index in [9.17, 15) is 0 Å². The molecule has 4 nitrogen and oxygen atoms in total. The van der Waals surface area contributed by atoms with Crippen molar-refractivity contribution < 1.29 is 0 Å². The quantitative estimate of drug-likeness (QED) is 0.796. The van der Waals surface area contributed by atoms with Gasteiger partial charge in [-0.25, -0.2) is 4.98 Å². The van der Waals surface area contributed by atoms with Crippen LogP contribution >= 0.6 is 0 Å². The SMILES string of the molecule is CNc1nc(C)cc(NC2CCCC2)n1. The Morgan fingerprint density at radius 3 is 2.67 bits per heavy atom. The maximum Gasteiger partial charge on any atom is 0.224 e. The summed E-state index contributed by atoms with van der Waals surface area (Å²) in [6.45, 7) is 1.99. The van der Waals surface area contributed by atoms with Crippen LogP contribution in [0.15, 0.2) is 6.07 Å². The molecule has 1 saturated carbocycles. The lowest BCUT2D eigenvalue weighted by molar-refractivity contribution is 0.749. The average Bonchev–Trinajstić information content (AvgIpc) is 2.69. The van der Waals surface area contributed by atoms with Crippen LogP contribution in [-0.2, 0) is 0 Å². The first-order chi connectivity index (χ1) is 7.28. The van der Waals surface area contributed by atoms with Gasteiger partial charge in [-0.15, -0.1) is 0 Å². The Bertz CT molecular complexity index is 331. The zero-order valence-corrected chi connectivity index (χ0v) is 9.38. The third-order valence-corrected chi connectivity index (χ3v) is 2.78. The second-order valence-corrected chi connectivity index (χ2v) is 4.09. The first-order valence-corrected chi connectivity index (χ1v) is 5.58. The highest BCUT2D eigenvalue weighted by Crippen LogP contribution is 2.21. The van der Waals surface area contributed by atoms with E-state index in [1.165, 1.54) is 25.7 Å². The standard InChI is InChI=1S/C11H18N4/c1-8-7-10(15-11(12-2)13-8)14-9-5-3-4-6-9/h7,9H,3-6H2,1-2H3,(H2,12,13,14,15). The number of hydrogen-bond acceptors (Lipinski definition) is 4. The number of hydrogen-bond donors (Lipinski definition) is 2. The molecule has 0 unspecified atom stereocenters. The van der Waals surface area contributed by atoms with Gasteiger partial charge in [0.25, 0.3) is 0 Å². The van der Waals surface area contributed by atoms with Crippen molar-refractivity contribution in [2.24, 2.45) is 0 Å². The topological polar surface area (TPSA) is 49.8 Å². The molecule has 1 aliphatic rings. The van der Waals surface area contributed by atoms with Crippen molar-refractivity contribution in [1.29, 1.82) is 0 Å². The van der Waals surface area contributed by atoms with E-state index >= 15 is 0 Å². The molecule has 0 aromatic carbocycles. The normalized spacial score (nSPS) is 16.7. The number of rotatable bonds is 3. The molecule has 4 heteroatoms. The molecule has 0 radical (unpaired) electrons. The molecule has 0 spiro atoms. The van der Waals surface area contributed by atoms with Crippen molar-refractivity contribution in [3.63, 3.8) is 0 Å². The molecular weight excluding hydrogens is 188 g/mol. The van der Waals surface area contributed by atoms with Crippen molar-refractivity contribution in [2.75, 3.05) is 17.7 Å². The van der Waals surface area contributed by atoms with Gasteiger partial charge >= 0.3 is 0 Å². The molecule has 1 aliphatic carbocycles. The van der Waals surface area contributed by atoms with Crippen LogP contribution in [0.3, 0.4) is 0 Å². The fraction of sp³-hybridized carbons (Fsp3) is 0.636. The summed E-state index contributed by atoms with van der Waals surface area (Å²) in [5.74, 6) is 1.63. The van der Waals surface area contributed by atoms with Crippen LogP contribution in [-0.4, -0.2) is 23.1 Å². The largest absolute Gasteiger partial charge is 0.367 e. The molecule has 1 aromatic rings. The molecule has 1 heterocycles. The third-order valence-electron chi connectivity index (χ3n) is 2.78. The number of aryl methyl sites for hydroxylation is 1. The molecule has 1 fully saturated rings. The lowest BCUT2D eigenvalue weighted by Gasteiger charge is -2.13. The van der Waals surface area contributed by atoms with Crippen molar-refractivity contribution in [1.82, 2.24) is 9.97 Å². The van der Waals surface area contributed by atoms with Crippen LogP contribution in [0.1, 0.15) is 31.4 Å². The van der Waals surface area contributed by atoms with Crippen LogP contribution < -0.4 is 10.6 Å². The number of nitrogens with zero attached hydrogens (tertiary/aromatic N) is 2. The van der Waals surface area contributed by atoms with Gasteiger partial charge in [-0.3, -0.25) is 0 Å². The summed E-state index contributed by atoms with van der Waals surface area (Å²) in [7, 11) is 1.84. The Kier molecular flexibility index (Phi) is 3.04. The molecule has 1 aromatic heterocycles. The zero-order chi connectivity index (χ0) is 10.7. The van der Waals surface area contributed by atoms with Gasteiger partial charge in [0.05, 0.1) is 0 Å². The summed E-state index contributed by atoms with van der Waals surface area (Å²) < 4.78 is 0. The smallest absolute Gasteiger partial charge is 0.224 e. The summed E-state index contributed by atoms with van der Waals surface area (Å²) in [4.78, 5) is 8.65. The Hall–Kier alpha value is -1.32. The van der Waals surface area contributed by atoms with Gasteiger partial charge in [0.1, 0.15) is 5.82 Å². The van der Waals surface area contributed by atoms with E-state index in [-0.39, 0.29) is 0 Å². The fourth-order valence-electron chi connectivity index (χ4n) is 2.03. The maximum absolute atomic E-state index is 4.38. The minimum atomic E-state index is 0.601. The first kappa shape index (κ1) is 10.2. The zero-order valence-electron chi connectivity index (χ0n) is 9.38. The average molecular weight is 206 g/mol. The van der Waals surface area contributed by atoms with Gasteiger partial charge in [-0.2, -0.15) is 4.98 Å². The Labute approximate surface area is 90.5 Å². The lowest BCUT2D eigenvalue weighted by Crippen LogP contribution is -2.16. The summed E-state index contributed by atoms with van der Waals surface area (Å²) in [6.07, 6.45) is 5.19. The Balaban J connectivity index is 2.09. The molecule has 2 N–H and O–H groups in total. The van der Waals surface area contributed by atoms with Crippen molar-refractivity contribution in [3.05, 3.63) is 11.8 Å². The van der Waals surface area contributed by atoms with Crippen LogP contribution in [0.4, 0.5) is 11.8 Å². The van der Waals surface area contributed by atoms with Gasteiger partial charge in [0, 0.05) is 24.8 Å². The molecule has 15 heavy (non-hydrogen) atoms. The van der Waals surface area contributed by atoms with Gasteiger partial charge < -0.3 is 10.6 Å². The lowest BCUT2D eigenvalue weighted by atomic mass is 10.2. The van der Waals surface area contributed by atoms with E-state index in [0.29, 0.717) is 12.0 Å². The molecule has 0 saturated heterocycles. The highest BCUT2D eigenvalue weighted by Gasteiger charge is 2.15. The van der Waals surface area contributed by atoms with Crippen molar-refractivity contribution in [2.45, 2.75) is 38.6 Å². The fourth-order valence-corrected chi connectivity index (χ4v) is 2.03. The Morgan fingerprint density at radius 2 is 2.00 bits per heavy atom. The first-order valence-electron chi connectivity index (χ1n) is 5.58. The Morgan fingerprint density at radius 1 is 1.27 bits per heavy atom. The number of anilines is 2. The molecule has 0 amide bonds. The van der Waals surface area contributed by atoms with Crippen LogP contribution in [0.25, 0.3) is 0 Å². The number of aromatic nitrogens is 2.